The SMILES string of the molecule is CCC(C)C(=O)Nc1cccc(CNC(=O)COc2cccc(NC(=O)c3ccco3)c2)c1. The molecule has 0 saturated heterocycles. The normalized spacial score (nSPS) is 11.3. The van der Waals surface area contributed by atoms with Crippen molar-refractivity contribution in [1.82, 2.24) is 5.32 Å². The molecule has 0 spiro atoms. The summed E-state index contributed by atoms with van der Waals surface area (Å²) in [6, 6.07) is 17.3. The molecule has 1 heterocycles. The summed E-state index contributed by atoms with van der Waals surface area (Å²) in [6.07, 6.45) is 2.19. The van der Waals surface area contributed by atoms with E-state index in [1.807, 2.05) is 38.1 Å². The lowest BCUT2D eigenvalue weighted by atomic mass is 10.1. The molecule has 0 radical (unpaired) electrons. The van der Waals surface area contributed by atoms with E-state index in [0.29, 0.717) is 23.7 Å². The Balaban J connectivity index is 1.47. The third-order valence-corrected chi connectivity index (χ3v) is 4.95. The van der Waals surface area contributed by atoms with Crippen molar-refractivity contribution >= 4 is 29.1 Å². The van der Waals surface area contributed by atoms with Crippen molar-refractivity contribution in [3.63, 3.8) is 0 Å². The van der Waals surface area contributed by atoms with E-state index >= 15 is 0 Å². The Bertz CT molecular complexity index is 1090. The van der Waals surface area contributed by atoms with Crippen LogP contribution < -0.4 is 20.7 Å². The molecule has 8 nitrogen and oxygen atoms in total. The van der Waals surface area contributed by atoms with Crippen molar-refractivity contribution in [3.05, 3.63) is 78.3 Å². The van der Waals surface area contributed by atoms with E-state index < -0.39 is 0 Å². The lowest BCUT2D eigenvalue weighted by Gasteiger charge is -2.12. The van der Waals surface area contributed by atoms with Gasteiger partial charge in [0.15, 0.2) is 12.4 Å². The number of carbonyl (C=O) groups is 3. The van der Waals surface area contributed by atoms with Gasteiger partial charge in [-0.25, -0.2) is 0 Å². The quantitative estimate of drug-likeness (QED) is 0.430. The van der Waals surface area contributed by atoms with Crippen molar-refractivity contribution in [3.8, 4) is 5.75 Å². The summed E-state index contributed by atoms with van der Waals surface area (Å²) in [5.41, 5.74) is 2.07. The van der Waals surface area contributed by atoms with Gasteiger partial charge < -0.3 is 25.1 Å². The predicted octanol–water partition coefficient (Wildman–Crippen LogP) is 4.21. The second-order valence-corrected chi connectivity index (χ2v) is 7.52. The maximum Gasteiger partial charge on any atom is 0.291 e. The number of carbonyl (C=O) groups excluding carboxylic acids is 3. The van der Waals surface area contributed by atoms with Crippen LogP contribution in [0.5, 0.6) is 5.75 Å². The Morgan fingerprint density at radius 3 is 2.45 bits per heavy atom. The highest BCUT2D eigenvalue weighted by molar-refractivity contribution is 6.02. The second kappa shape index (κ2) is 11.5. The van der Waals surface area contributed by atoms with Gasteiger partial charge in [-0.1, -0.05) is 32.0 Å². The second-order valence-electron chi connectivity index (χ2n) is 7.52. The van der Waals surface area contributed by atoms with Crippen LogP contribution in [-0.2, 0) is 16.1 Å². The molecule has 0 fully saturated rings. The molecule has 33 heavy (non-hydrogen) atoms. The molecular formula is C25H27N3O5. The predicted molar refractivity (Wildman–Crippen MR) is 125 cm³/mol. The van der Waals surface area contributed by atoms with Crippen LogP contribution in [0.1, 0.15) is 36.4 Å². The molecule has 3 amide bonds. The van der Waals surface area contributed by atoms with Gasteiger partial charge in [-0.15, -0.1) is 0 Å². The average Bonchev–Trinajstić information content (AvgIpc) is 3.36. The van der Waals surface area contributed by atoms with E-state index in [2.05, 4.69) is 16.0 Å². The van der Waals surface area contributed by atoms with E-state index in [1.54, 1.807) is 36.4 Å². The third kappa shape index (κ3) is 7.24. The molecule has 0 aliphatic heterocycles. The van der Waals surface area contributed by atoms with Crippen LogP contribution in [0, 0.1) is 5.92 Å². The zero-order valence-electron chi connectivity index (χ0n) is 18.6. The summed E-state index contributed by atoms with van der Waals surface area (Å²) < 4.78 is 10.6. The molecule has 172 valence electrons. The van der Waals surface area contributed by atoms with Crippen LogP contribution in [0.4, 0.5) is 11.4 Å². The molecule has 2 aromatic carbocycles. The largest absolute Gasteiger partial charge is 0.484 e. The highest BCUT2D eigenvalue weighted by Gasteiger charge is 2.11. The number of furan rings is 1. The first-order valence-corrected chi connectivity index (χ1v) is 10.7. The average molecular weight is 450 g/mol. The first-order valence-electron chi connectivity index (χ1n) is 10.7. The highest BCUT2D eigenvalue weighted by Crippen LogP contribution is 2.18. The molecule has 0 aliphatic rings. The molecular weight excluding hydrogens is 422 g/mol. The smallest absolute Gasteiger partial charge is 0.291 e. The lowest BCUT2D eigenvalue weighted by Crippen LogP contribution is -2.28. The summed E-state index contributed by atoms with van der Waals surface area (Å²) in [4.78, 5) is 36.3. The Hall–Kier alpha value is -4.07. The number of hydrogen-bond donors (Lipinski definition) is 3. The van der Waals surface area contributed by atoms with Gasteiger partial charge in [0.2, 0.25) is 5.91 Å². The molecule has 1 atom stereocenters. The molecule has 0 saturated carbocycles. The van der Waals surface area contributed by atoms with Crippen LogP contribution in [-0.4, -0.2) is 24.3 Å². The standard InChI is InChI=1S/C25H27N3O5/c1-3-17(2)24(30)27-19-8-4-7-18(13-19)15-26-23(29)16-33-21-10-5-9-20(14-21)28-25(31)22-11-6-12-32-22/h4-14,17H,3,15-16H2,1-2H3,(H,26,29)(H,27,30)(H,28,31). The van der Waals surface area contributed by atoms with Crippen LogP contribution in [0.3, 0.4) is 0 Å². The van der Waals surface area contributed by atoms with E-state index in [9.17, 15) is 14.4 Å². The maximum atomic E-state index is 12.2. The Kier molecular flexibility index (Phi) is 8.24. The Morgan fingerprint density at radius 1 is 0.970 bits per heavy atom. The van der Waals surface area contributed by atoms with Crippen LogP contribution in [0.2, 0.25) is 0 Å². The van der Waals surface area contributed by atoms with Crippen molar-refractivity contribution < 1.29 is 23.5 Å². The van der Waals surface area contributed by atoms with Gasteiger partial charge in [-0.05, 0) is 48.4 Å². The minimum atomic E-state index is -0.377. The highest BCUT2D eigenvalue weighted by atomic mass is 16.5. The number of rotatable bonds is 10. The minimum absolute atomic E-state index is 0.0327. The molecule has 8 heteroatoms. The fourth-order valence-corrected chi connectivity index (χ4v) is 2.87. The number of amides is 3. The summed E-state index contributed by atoms with van der Waals surface area (Å²) in [6.45, 7) is 3.96. The minimum Gasteiger partial charge on any atom is -0.484 e. The fourth-order valence-electron chi connectivity index (χ4n) is 2.87. The first kappa shape index (κ1) is 23.6. The number of nitrogens with one attached hydrogen (secondary N) is 3. The van der Waals surface area contributed by atoms with Crippen LogP contribution in [0.25, 0.3) is 0 Å². The number of ether oxygens (including phenoxy) is 1. The molecule has 0 aliphatic carbocycles. The summed E-state index contributed by atoms with van der Waals surface area (Å²) in [5.74, 6) is -0.134. The first-order chi connectivity index (χ1) is 15.9. The summed E-state index contributed by atoms with van der Waals surface area (Å²) >= 11 is 0. The van der Waals surface area contributed by atoms with Crippen molar-refractivity contribution in [2.24, 2.45) is 5.92 Å². The summed E-state index contributed by atoms with van der Waals surface area (Å²) in [7, 11) is 0. The van der Waals surface area contributed by atoms with E-state index in [-0.39, 0.29) is 36.0 Å². The van der Waals surface area contributed by atoms with Gasteiger partial charge in [0, 0.05) is 29.9 Å². The van der Waals surface area contributed by atoms with E-state index in [4.69, 9.17) is 9.15 Å². The van der Waals surface area contributed by atoms with Gasteiger partial charge in [0.05, 0.1) is 6.26 Å². The lowest BCUT2D eigenvalue weighted by molar-refractivity contribution is -0.123. The topological polar surface area (TPSA) is 110 Å². The van der Waals surface area contributed by atoms with Gasteiger partial charge in [-0.2, -0.15) is 0 Å². The number of anilines is 2. The molecule has 3 aromatic rings. The van der Waals surface area contributed by atoms with Crippen molar-refractivity contribution in [2.75, 3.05) is 17.2 Å². The van der Waals surface area contributed by atoms with Crippen molar-refractivity contribution in [1.29, 1.82) is 0 Å². The maximum absolute atomic E-state index is 12.2. The molecule has 0 bridgehead atoms. The fraction of sp³-hybridized carbons (Fsp3) is 0.240. The van der Waals surface area contributed by atoms with Gasteiger partial charge in [0.1, 0.15) is 5.75 Å². The number of benzene rings is 2. The zero-order valence-corrected chi connectivity index (χ0v) is 18.6. The van der Waals surface area contributed by atoms with Crippen molar-refractivity contribution in [2.45, 2.75) is 26.8 Å². The summed E-state index contributed by atoms with van der Waals surface area (Å²) in [5, 5.41) is 8.38. The zero-order chi connectivity index (χ0) is 23.6. The third-order valence-electron chi connectivity index (χ3n) is 4.95. The monoisotopic (exact) mass is 449 g/mol. The van der Waals surface area contributed by atoms with Gasteiger partial charge in [0.25, 0.3) is 11.8 Å². The molecule has 3 rings (SSSR count). The molecule has 3 N–H and O–H groups in total. The van der Waals surface area contributed by atoms with Gasteiger partial charge in [-0.3, -0.25) is 14.4 Å². The van der Waals surface area contributed by atoms with E-state index in [1.165, 1.54) is 6.26 Å². The van der Waals surface area contributed by atoms with E-state index in [0.717, 1.165) is 12.0 Å². The number of hydrogen-bond acceptors (Lipinski definition) is 5. The Morgan fingerprint density at radius 2 is 1.73 bits per heavy atom. The van der Waals surface area contributed by atoms with Crippen LogP contribution in [0.15, 0.2) is 71.3 Å². The van der Waals surface area contributed by atoms with Crippen LogP contribution >= 0.6 is 0 Å². The molecule has 1 unspecified atom stereocenters. The Labute approximate surface area is 192 Å². The molecule has 1 aromatic heterocycles. The van der Waals surface area contributed by atoms with Gasteiger partial charge >= 0.3 is 0 Å².